The lowest BCUT2D eigenvalue weighted by Gasteiger charge is -2.23. The maximum atomic E-state index is 11.5. The van der Waals surface area contributed by atoms with Crippen molar-refractivity contribution in [2.24, 2.45) is 0 Å². The van der Waals surface area contributed by atoms with Gasteiger partial charge in [0, 0.05) is 24.4 Å². The summed E-state index contributed by atoms with van der Waals surface area (Å²) in [6, 6.07) is 7.51. The second-order valence-electron chi connectivity index (χ2n) is 4.73. The average molecular weight is 276 g/mol. The van der Waals surface area contributed by atoms with Gasteiger partial charge in [-0.3, -0.25) is 0 Å². The van der Waals surface area contributed by atoms with Crippen molar-refractivity contribution in [2.75, 3.05) is 12.8 Å². The first-order valence-electron chi connectivity index (χ1n) is 5.38. The molecule has 0 aliphatic rings. The van der Waals surface area contributed by atoms with Crippen molar-refractivity contribution in [2.45, 2.75) is 25.1 Å². The SMILES string of the molecule is CC(C)(CNCc1ccccc1Cl)S(C)(=O)=O. The maximum Gasteiger partial charge on any atom is 0.153 e. The Labute approximate surface area is 108 Å². The Hall–Kier alpha value is -0.580. The van der Waals surface area contributed by atoms with E-state index in [-0.39, 0.29) is 0 Å². The van der Waals surface area contributed by atoms with Crippen molar-refractivity contribution < 1.29 is 8.42 Å². The quantitative estimate of drug-likeness (QED) is 0.897. The van der Waals surface area contributed by atoms with Crippen LogP contribution >= 0.6 is 11.6 Å². The Morgan fingerprint density at radius 2 is 1.88 bits per heavy atom. The normalized spacial score (nSPS) is 12.7. The molecule has 0 aliphatic heterocycles. The smallest absolute Gasteiger partial charge is 0.153 e. The number of benzene rings is 1. The molecule has 96 valence electrons. The van der Waals surface area contributed by atoms with Crippen molar-refractivity contribution in [3.05, 3.63) is 34.9 Å². The summed E-state index contributed by atoms with van der Waals surface area (Å²) in [6.45, 7) is 4.39. The molecule has 0 unspecified atom stereocenters. The number of halogens is 1. The first kappa shape index (κ1) is 14.5. The minimum Gasteiger partial charge on any atom is -0.311 e. The van der Waals surface area contributed by atoms with Gasteiger partial charge in [0.15, 0.2) is 9.84 Å². The summed E-state index contributed by atoms with van der Waals surface area (Å²) in [5.74, 6) is 0. The number of sulfone groups is 1. The van der Waals surface area contributed by atoms with Crippen LogP contribution in [-0.2, 0) is 16.4 Å². The third-order valence-electron chi connectivity index (χ3n) is 2.83. The van der Waals surface area contributed by atoms with Gasteiger partial charge in [0.2, 0.25) is 0 Å². The lowest BCUT2D eigenvalue weighted by atomic mass is 10.2. The van der Waals surface area contributed by atoms with Crippen LogP contribution in [0.25, 0.3) is 0 Å². The molecule has 0 bridgehead atoms. The molecule has 0 aliphatic carbocycles. The van der Waals surface area contributed by atoms with Crippen LogP contribution in [0.1, 0.15) is 19.4 Å². The van der Waals surface area contributed by atoms with Crippen LogP contribution < -0.4 is 5.32 Å². The zero-order valence-corrected chi connectivity index (χ0v) is 11.9. The molecule has 1 aromatic rings. The summed E-state index contributed by atoms with van der Waals surface area (Å²) in [7, 11) is -3.06. The highest BCUT2D eigenvalue weighted by molar-refractivity contribution is 7.92. The summed E-state index contributed by atoms with van der Waals surface area (Å²) < 4.78 is 22.2. The molecule has 0 atom stereocenters. The molecular weight excluding hydrogens is 258 g/mol. The van der Waals surface area contributed by atoms with Gasteiger partial charge in [0.1, 0.15) is 0 Å². The van der Waals surface area contributed by atoms with Crippen LogP contribution in [0.2, 0.25) is 5.02 Å². The van der Waals surface area contributed by atoms with Crippen molar-refractivity contribution in [1.82, 2.24) is 5.32 Å². The van der Waals surface area contributed by atoms with Gasteiger partial charge in [-0.1, -0.05) is 29.8 Å². The van der Waals surface area contributed by atoms with E-state index in [4.69, 9.17) is 11.6 Å². The number of hydrogen-bond donors (Lipinski definition) is 1. The number of rotatable bonds is 5. The van der Waals surface area contributed by atoms with Gasteiger partial charge in [-0.2, -0.15) is 0 Å². The van der Waals surface area contributed by atoms with Crippen LogP contribution in [0, 0.1) is 0 Å². The molecule has 0 amide bonds. The molecule has 0 spiro atoms. The standard InChI is InChI=1S/C12H18ClNO2S/c1-12(2,17(3,15)16)9-14-8-10-6-4-5-7-11(10)13/h4-7,14H,8-9H2,1-3H3. The second kappa shape index (κ2) is 5.38. The fraction of sp³-hybridized carbons (Fsp3) is 0.500. The Kier molecular flexibility index (Phi) is 4.58. The van der Waals surface area contributed by atoms with Crippen LogP contribution in [0.4, 0.5) is 0 Å². The molecule has 1 aromatic carbocycles. The average Bonchev–Trinajstić information content (AvgIpc) is 2.19. The van der Waals surface area contributed by atoms with Gasteiger partial charge >= 0.3 is 0 Å². The fourth-order valence-electron chi connectivity index (χ4n) is 1.27. The van der Waals surface area contributed by atoms with E-state index in [9.17, 15) is 8.42 Å². The van der Waals surface area contributed by atoms with Gasteiger partial charge in [0.25, 0.3) is 0 Å². The first-order chi connectivity index (χ1) is 7.74. The largest absolute Gasteiger partial charge is 0.311 e. The zero-order valence-electron chi connectivity index (χ0n) is 10.3. The van der Waals surface area contributed by atoms with Gasteiger partial charge in [-0.25, -0.2) is 8.42 Å². The Morgan fingerprint density at radius 1 is 1.29 bits per heavy atom. The predicted molar refractivity (Wildman–Crippen MR) is 72.1 cm³/mol. The van der Waals surface area contributed by atoms with Crippen LogP contribution in [0.15, 0.2) is 24.3 Å². The summed E-state index contributed by atoms with van der Waals surface area (Å²) in [5, 5.41) is 3.82. The molecule has 0 aromatic heterocycles. The number of hydrogen-bond acceptors (Lipinski definition) is 3. The summed E-state index contributed by atoms with van der Waals surface area (Å²) in [4.78, 5) is 0. The number of nitrogens with one attached hydrogen (secondary N) is 1. The van der Waals surface area contributed by atoms with E-state index >= 15 is 0 Å². The van der Waals surface area contributed by atoms with E-state index in [0.717, 1.165) is 5.56 Å². The van der Waals surface area contributed by atoms with Gasteiger partial charge in [-0.15, -0.1) is 0 Å². The lowest BCUT2D eigenvalue weighted by Crippen LogP contribution is -2.41. The fourth-order valence-corrected chi connectivity index (χ4v) is 1.84. The summed E-state index contributed by atoms with van der Waals surface area (Å²) in [5.41, 5.74) is 0.971. The molecule has 0 saturated heterocycles. The minimum atomic E-state index is -3.06. The molecule has 1 rings (SSSR count). The van der Waals surface area contributed by atoms with Crippen LogP contribution in [0.3, 0.4) is 0 Å². The molecule has 3 nitrogen and oxygen atoms in total. The molecule has 17 heavy (non-hydrogen) atoms. The van der Waals surface area contributed by atoms with Crippen molar-refractivity contribution in [3.63, 3.8) is 0 Å². The Bertz CT molecular complexity index is 483. The van der Waals surface area contributed by atoms with Crippen molar-refractivity contribution in [1.29, 1.82) is 0 Å². The topological polar surface area (TPSA) is 46.2 Å². The summed E-state index contributed by atoms with van der Waals surface area (Å²) in [6.07, 6.45) is 1.25. The third-order valence-corrected chi connectivity index (χ3v) is 5.35. The van der Waals surface area contributed by atoms with E-state index in [1.807, 2.05) is 24.3 Å². The Morgan fingerprint density at radius 3 is 2.41 bits per heavy atom. The molecule has 5 heteroatoms. The highest BCUT2D eigenvalue weighted by atomic mass is 35.5. The van der Waals surface area contributed by atoms with E-state index in [1.165, 1.54) is 6.26 Å². The molecule has 0 fully saturated rings. The maximum absolute atomic E-state index is 11.5. The lowest BCUT2D eigenvalue weighted by molar-refractivity contribution is 0.521. The first-order valence-corrected chi connectivity index (χ1v) is 7.65. The third kappa shape index (κ3) is 3.98. The molecule has 0 radical (unpaired) electrons. The van der Waals surface area contributed by atoms with E-state index in [1.54, 1.807) is 13.8 Å². The molecule has 0 heterocycles. The van der Waals surface area contributed by atoms with Crippen molar-refractivity contribution in [3.8, 4) is 0 Å². The van der Waals surface area contributed by atoms with E-state index < -0.39 is 14.6 Å². The highest BCUT2D eigenvalue weighted by Crippen LogP contribution is 2.16. The minimum absolute atomic E-state index is 0.400. The van der Waals surface area contributed by atoms with Crippen LogP contribution in [-0.4, -0.2) is 26.0 Å². The highest BCUT2D eigenvalue weighted by Gasteiger charge is 2.29. The Balaban J connectivity index is 2.58. The van der Waals surface area contributed by atoms with Crippen LogP contribution in [0.5, 0.6) is 0 Å². The van der Waals surface area contributed by atoms with E-state index in [0.29, 0.717) is 18.1 Å². The summed E-state index contributed by atoms with van der Waals surface area (Å²) >= 11 is 6.01. The molecule has 0 saturated carbocycles. The molecular formula is C12H18ClNO2S. The predicted octanol–water partition coefficient (Wildman–Crippen LogP) is 2.25. The zero-order chi connectivity index (χ0) is 13.1. The van der Waals surface area contributed by atoms with E-state index in [2.05, 4.69) is 5.32 Å². The van der Waals surface area contributed by atoms with Gasteiger partial charge in [-0.05, 0) is 25.5 Å². The van der Waals surface area contributed by atoms with Gasteiger partial charge in [0.05, 0.1) is 4.75 Å². The van der Waals surface area contributed by atoms with Gasteiger partial charge < -0.3 is 5.32 Å². The van der Waals surface area contributed by atoms with Crippen molar-refractivity contribution >= 4 is 21.4 Å². The second-order valence-corrected chi connectivity index (χ2v) is 7.78. The monoisotopic (exact) mass is 275 g/mol. The molecule has 1 N–H and O–H groups in total.